The Kier molecular flexibility index (Phi) is 4.39. The molecule has 0 amide bonds. The second-order valence-corrected chi connectivity index (χ2v) is 7.15. The summed E-state index contributed by atoms with van der Waals surface area (Å²) in [6.07, 6.45) is 9.84. The number of piperidine rings is 1. The van der Waals surface area contributed by atoms with Crippen LogP contribution in [0.1, 0.15) is 43.2 Å². The van der Waals surface area contributed by atoms with Crippen molar-refractivity contribution in [2.45, 2.75) is 50.0 Å². The molecule has 1 N–H and O–H groups in total. The number of hydrogen-bond acceptors (Lipinski definition) is 2. The fourth-order valence-electron chi connectivity index (χ4n) is 5.47. The minimum absolute atomic E-state index is 0. The molecule has 2 bridgehead atoms. The number of phenolic OH excluding ortho intramolecular Hbond substituents is 1. The summed E-state index contributed by atoms with van der Waals surface area (Å²) >= 11 is 0. The summed E-state index contributed by atoms with van der Waals surface area (Å²) < 4.78 is 0. The van der Waals surface area contributed by atoms with Gasteiger partial charge >= 0.3 is 0 Å². The molecule has 0 spiro atoms. The van der Waals surface area contributed by atoms with E-state index >= 15 is 0 Å². The highest BCUT2D eigenvalue weighted by Gasteiger charge is 2.53. The maximum absolute atomic E-state index is 9.98. The Balaban J connectivity index is 0.00000144. The molecule has 120 valence electrons. The minimum atomic E-state index is 0. The lowest BCUT2D eigenvalue weighted by Crippen LogP contribution is -2.60. The molecule has 1 aliphatic heterocycles. The van der Waals surface area contributed by atoms with E-state index in [-0.39, 0.29) is 17.0 Å². The van der Waals surface area contributed by atoms with E-state index in [0.717, 1.165) is 18.9 Å². The number of hydrogen-bond donors (Lipinski definition) is 1. The topological polar surface area (TPSA) is 23.5 Å². The molecule has 1 aromatic rings. The zero-order valence-electron chi connectivity index (χ0n) is 13.1. The summed E-state index contributed by atoms with van der Waals surface area (Å²) in [4.78, 5) is 2.65. The molecule has 3 atom stereocenters. The van der Waals surface area contributed by atoms with Crippen molar-refractivity contribution in [1.82, 2.24) is 4.90 Å². The molecule has 3 heteroatoms. The normalized spacial score (nSPS) is 33.3. The fourth-order valence-corrected chi connectivity index (χ4v) is 5.47. The van der Waals surface area contributed by atoms with E-state index in [1.54, 1.807) is 0 Å². The van der Waals surface area contributed by atoms with Crippen LogP contribution in [-0.2, 0) is 11.8 Å². The third kappa shape index (κ3) is 2.25. The second-order valence-electron chi connectivity index (χ2n) is 7.15. The number of likely N-dealkylation sites (tertiary alicyclic amines) is 1. The molecule has 0 radical (unpaired) electrons. The Morgan fingerprint density at radius 2 is 2.18 bits per heavy atom. The lowest BCUT2D eigenvalue weighted by atomic mass is 9.52. The Bertz CT molecular complexity index is 573. The molecule has 1 heterocycles. The molecular formula is C19H26BrNO. The Morgan fingerprint density at radius 1 is 1.32 bits per heavy atom. The lowest BCUT2D eigenvalue weighted by molar-refractivity contribution is -0.00517. The zero-order chi connectivity index (χ0) is 14.4. The second kappa shape index (κ2) is 6.01. The van der Waals surface area contributed by atoms with Gasteiger partial charge in [-0.1, -0.05) is 25.0 Å². The van der Waals surface area contributed by atoms with Gasteiger partial charge in [-0.25, -0.2) is 0 Å². The van der Waals surface area contributed by atoms with Crippen molar-refractivity contribution < 1.29 is 5.11 Å². The largest absolute Gasteiger partial charge is 0.508 e. The van der Waals surface area contributed by atoms with Crippen molar-refractivity contribution in [3.63, 3.8) is 0 Å². The summed E-state index contributed by atoms with van der Waals surface area (Å²) in [7, 11) is 0. The van der Waals surface area contributed by atoms with Gasteiger partial charge in [-0.15, -0.1) is 23.6 Å². The van der Waals surface area contributed by atoms with Gasteiger partial charge < -0.3 is 5.11 Å². The zero-order valence-corrected chi connectivity index (χ0v) is 14.8. The van der Waals surface area contributed by atoms with Crippen LogP contribution < -0.4 is 0 Å². The van der Waals surface area contributed by atoms with Crippen molar-refractivity contribution in [2.75, 3.05) is 13.1 Å². The minimum Gasteiger partial charge on any atom is -0.508 e. The molecule has 2 aliphatic carbocycles. The average molecular weight is 364 g/mol. The molecule has 1 aromatic carbocycles. The van der Waals surface area contributed by atoms with Gasteiger partial charge in [-0.05, 0) is 61.4 Å². The third-order valence-electron chi connectivity index (χ3n) is 6.30. The van der Waals surface area contributed by atoms with Gasteiger partial charge in [0.05, 0.1) is 0 Å². The van der Waals surface area contributed by atoms with Gasteiger partial charge in [0.2, 0.25) is 0 Å². The van der Waals surface area contributed by atoms with Crippen molar-refractivity contribution >= 4 is 17.0 Å². The number of phenols is 1. The van der Waals surface area contributed by atoms with Crippen LogP contribution >= 0.6 is 17.0 Å². The molecule has 0 aromatic heterocycles. The number of rotatable bonds is 2. The van der Waals surface area contributed by atoms with E-state index in [9.17, 15) is 5.11 Å². The quantitative estimate of drug-likeness (QED) is 0.795. The van der Waals surface area contributed by atoms with Crippen LogP contribution in [0.3, 0.4) is 0 Å². The fraction of sp³-hybridized carbons (Fsp3) is 0.579. The summed E-state index contributed by atoms with van der Waals surface area (Å²) in [5.74, 6) is 1.22. The van der Waals surface area contributed by atoms with Crippen LogP contribution in [0, 0.1) is 5.92 Å². The predicted molar refractivity (Wildman–Crippen MR) is 95.9 cm³/mol. The summed E-state index contributed by atoms with van der Waals surface area (Å²) in [6.45, 7) is 6.15. The highest BCUT2D eigenvalue weighted by atomic mass is 79.9. The number of nitrogens with zero attached hydrogens (tertiary/aromatic N) is 1. The first kappa shape index (κ1) is 16.1. The van der Waals surface area contributed by atoms with Gasteiger partial charge in [0.25, 0.3) is 0 Å². The Hall–Kier alpha value is -0.800. The first-order chi connectivity index (χ1) is 10.2. The van der Waals surface area contributed by atoms with Gasteiger partial charge in [0.1, 0.15) is 5.75 Å². The van der Waals surface area contributed by atoms with Crippen LogP contribution in [0.4, 0.5) is 0 Å². The molecular weight excluding hydrogens is 338 g/mol. The standard InChI is InChI=1S/C19H25NO.BrH/c1-2-10-20-11-9-19-8-4-3-5-16(19)18(20)12-14-6-7-15(21)13-17(14)19;/h2,6-7,13,16,18,21H,1,3-5,8-12H2;1H/t16-,18-,19-;/m0./s1. The van der Waals surface area contributed by atoms with E-state index in [4.69, 9.17) is 0 Å². The van der Waals surface area contributed by atoms with E-state index in [1.165, 1.54) is 49.8 Å². The van der Waals surface area contributed by atoms with Gasteiger partial charge in [0, 0.05) is 18.0 Å². The summed E-state index contributed by atoms with van der Waals surface area (Å²) in [5, 5.41) is 9.98. The van der Waals surface area contributed by atoms with E-state index in [2.05, 4.69) is 29.7 Å². The van der Waals surface area contributed by atoms with Crippen molar-refractivity contribution in [1.29, 1.82) is 0 Å². The van der Waals surface area contributed by atoms with Crippen molar-refractivity contribution in [2.24, 2.45) is 5.92 Å². The van der Waals surface area contributed by atoms with Crippen LogP contribution in [-0.4, -0.2) is 29.1 Å². The number of benzene rings is 1. The molecule has 1 saturated carbocycles. The van der Waals surface area contributed by atoms with E-state index in [0.29, 0.717) is 17.2 Å². The van der Waals surface area contributed by atoms with Gasteiger partial charge in [-0.2, -0.15) is 0 Å². The lowest BCUT2D eigenvalue weighted by Gasteiger charge is -2.59. The SMILES string of the molecule is Br.C=CCN1CC[C@@]23CCCC[C@H]2[C@@H]1Cc1ccc(O)cc13. The highest BCUT2D eigenvalue weighted by Crippen LogP contribution is 2.56. The Morgan fingerprint density at radius 3 is 3.00 bits per heavy atom. The summed E-state index contributed by atoms with van der Waals surface area (Å²) in [5.41, 5.74) is 3.29. The maximum atomic E-state index is 9.98. The third-order valence-corrected chi connectivity index (χ3v) is 6.30. The first-order valence-corrected chi connectivity index (χ1v) is 8.42. The van der Waals surface area contributed by atoms with Crippen molar-refractivity contribution in [3.05, 3.63) is 42.0 Å². The number of halogens is 1. The molecule has 22 heavy (non-hydrogen) atoms. The highest BCUT2D eigenvalue weighted by molar-refractivity contribution is 8.93. The van der Waals surface area contributed by atoms with Crippen LogP contribution in [0.5, 0.6) is 5.75 Å². The van der Waals surface area contributed by atoms with E-state index < -0.39 is 0 Å². The average Bonchev–Trinajstić information content (AvgIpc) is 2.51. The van der Waals surface area contributed by atoms with Gasteiger partial charge in [-0.3, -0.25) is 4.90 Å². The maximum Gasteiger partial charge on any atom is 0.115 e. The number of aromatic hydroxyl groups is 1. The summed E-state index contributed by atoms with van der Waals surface area (Å²) in [6, 6.07) is 6.79. The molecule has 3 aliphatic rings. The Labute approximate surface area is 144 Å². The molecule has 2 fully saturated rings. The van der Waals surface area contributed by atoms with Crippen LogP contribution in [0.2, 0.25) is 0 Å². The van der Waals surface area contributed by atoms with Crippen LogP contribution in [0.25, 0.3) is 0 Å². The van der Waals surface area contributed by atoms with E-state index in [1.807, 2.05) is 6.07 Å². The van der Waals surface area contributed by atoms with Crippen molar-refractivity contribution in [3.8, 4) is 5.75 Å². The molecule has 0 unspecified atom stereocenters. The molecule has 4 rings (SSSR count). The molecule has 1 saturated heterocycles. The monoisotopic (exact) mass is 363 g/mol. The smallest absolute Gasteiger partial charge is 0.115 e. The van der Waals surface area contributed by atoms with Gasteiger partial charge in [0.15, 0.2) is 0 Å². The molecule has 2 nitrogen and oxygen atoms in total. The first-order valence-electron chi connectivity index (χ1n) is 8.42. The predicted octanol–water partition coefficient (Wildman–Crippen LogP) is 4.21. The van der Waals surface area contributed by atoms with Crippen LogP contribution in [0.15, 0.2) is 30.9 Å². The number of fused-ring (bicyclic) bond motifs is 1.